The van der Waals surface area contributed by atoms with E-state index < -0.39 is 0 Å². The van der Waals surface area contributed by atoms with Gasteiger partial charge in [-0.25, -0.2) is 0 Å². The quantitative estimate of drug-likeness (QED) is 0.887. The molecule has 0 radical (unpaired) electrons. The highest BCUT2D eigenvalue weighted by Gasteiger charge is 2.04. The van der Waals surface area contributed by atoms with Crippen LogP contribution in [0.5, 0.6) is 0 Å². The van der Waals surface area contributed by atoms with Crippen LogP contribution in [0.4, 0.5) is 0 Å². The van der Waals surface area contributed by atoms with Gasteiger partial charge in [0.05, 0.1) is 5.52 Å². The topological polar surface area (TPSA) is 24.9 Å². The summed E-state index contributed by atoms with van der Waals surface area (Å²) in [6.45, 7) is 6.37. The molecular formula is C16H20N2. The van der Waals surface area contributed by atoms with Gasteiger partial charge in [-0.2, -0.15) is 0 Å². The first-order valence-electron chi connectivity index (χ1n) is 6.33. The highest BCUT2D eigenvalue weighted by Crippen LogP contribution is 2.21. The third-order valence-corrected chi connectivity index (χ3v) is 3.38. The molecule has 0 amide bonds. The van der Waals surface area contributed by atoms with Gasteiger partial charge in [0.1, 0.15) is 0 Å². The summed E-state index contributed by atoms with van der Waals surface area (Å²) in [5.41, 5.74) is 4.70. The van der Waals surface area contributed by atoms with Gasteiger partial charge in [-0.1, -0.05) is 29.8 Å². The molecule has 0 saturated heterocycles. The van der Waals surface area contributed by atoms with E-state index in [1.165, 1.54) is 16.5 Å². The van der Waals surface area contributed by atoms with Gasteiger partial charge in [0.2, 0.25) is 0 Å². The number of hydrogen-bond acceptors (Lipinski definition) is 2. The van der Waals surface area contributed by atoms with Crippen LogP contribution in [0.25, 0.3) is 17.0 Å². The third kappa shape index (κ3) is 2.59. The molecule has 1 unspecified atom stereocenters. The van der Waals surface area contributed by atoms with Crippen molar-refractivity contribution >= 4 is 17.0 Å². The zero-order valence-corrected chi connectivity index (χ0v) is 11.5. The molecule has 1 heterocycles. The van der Waals surface area contributed by atoms with Crippen LogP contribution in [0.1, 0.15) is 25.1 Å². The van der Waals surface area contributed by atoms with Gasteiger partial charge >= 0.3 is 0 Å². The number of para-hydroxylation sites is 1. The second-order valence-corrected chi connectivity index (χ2v) is 4.77. The molecule has 1 atom stereocenters. The number of benzene rings is 1. The molecular weight excluding hydrogens is 220 g/mol. The summed E-state index contributed by atoms with van der Waals surface area (Å²) in [5, 5.41) is 4.48. The van der Waals surface area contributed by atoms with E-state index in [0.717, 1.165) is 11.2 Å². The van der Waals surface area contributed by atoms with Crippen molar-refractivity contribution in [3.05, 3.63) is 47.2 Å². The second kappa shape index (κ2) is 5.32. The molecule has 18 heavy (non-hydrogen) atoms. The predicted octanol–water partition coefficient (Wildman–Crippen LogP) is 3.55. The highest BCUT2D eigenvalue weighted by molar-refractivity contribution is 5.88. The number of likely N-dealkylation sites (N-methyl/N-ethyl adjacent to an activating group) is 1. The monoisotopic (exact) mass is 240 g/mol. The Balaban J connectivity index is 2.57. The van der Waals surface area contributed by atoms with E-state index in [2.05, 4.69) is 54.5 Å². The highest BCUT2D eigenvalue weighted by atomic mass is 14.9. The molecule has 0 aliphatic heterocycles. The van der Waals surface area contributed by atoms with Crippen molar-refractivity contribution < 1.29 is 0 Å². The van der Waals surface area contributed by atoms with Gasteiger partial charge in [0.25, 0.3) is 0 Å². The summed E-state index contributed by atoms with van der Waals surface area (Å²) >= 11 is 0. The summed E-state index contributed by atoms with van der Waals surface area (Å²) in [6.07, 6.45) is 2.25. The van der Waals surface area contributed by atoms with Crippen LogP contribution in [0, 0.1) is 6.92 Å². The second-order valence-electron chi connectivity index (χ2n) is 4.77. The van der Waals surface area contributed by atoms with Gasteiger partial charge in [0.15, 0.2) is 0 Å². The lowest BCUT2D eigenvalue weighted by atomic mass is 10.0. The Hall–Kier alpha value is -1.67. The van der Waals surface area contributed by atoms with Gasteiger partial charge in [-0.3, -0.25) is 4.98 Å². The number of nitrogens with zero attached hydrogens (tertiary/aromatic N) is 1. The molecule has 2 nitrogen and oxygen atoms in total. The molecule has 2 rings (SSSR count). The van der Waals surface area contributed by atoms with Crippen molar-refractivity contribution in [2.75, 3.05) is 7.05 Å². The third-order valence-electron chi connectivity index (χ3n) is 3.38. The lowest BCUT2D eigenvalue weighted by Crippen LogP contribution is -2.21. The smallest absolute Gasteiger partial charge is 0.0711 e. The van der Waals surface area contributed by atoms with E-state index in [1.54, 1.807) is 0 Å². The fraction of sp³-hybridized carbons (Fsp3) is 0.312. The Labute approximate surface area is 109 Å². The molecule has 94 valence electrons. The van der Waals surface area contributed by atoms with Crippen LogP contribution < -0.4 is 5.32 Å². The molecule has 0 bridgehead atoms. The molecule has 2 aromatic rings. The molecule has 0 saturated carbocycles. The number of aromatic nitrogens is 1. The lowest BCUT2D eigenvalue weighted by Gasteiger charge is -2.12. The van der Waals surface area contributed by atoms with E-state index in [4.69, 9.17) is 0 Å². The van der Waals surface area contributed by atoms with E-state index in [-0.39, 0.29) is 0 Å². The number of nitrogens with one attached hydrogen (secondary N) is 1. The summed E-state index contributed by atoms with van der Waals surface area (Å²) < 4.78 is 0. The average Bonchev–Trinajstić information content (AvgIpc) is 2.37. The van der Waals surface area contributed by atoms with Gasteiger partial charge in [-0.15, -0.1) is 0 Å². The fourth-order valence-electron chi connectivity index (χ4n) is 2.06. The Morgan fingerprint density at radius 3 is 2.78 bits per heavy atom. The maximum absolute atomic E-state index is 4.56. The van der Waals surface area contributed by atoms with Crippen LogP contribution in [0.3, 0.4) is 0 Å². The molecule has 0 fully saturated rings. The normalized spacial score (nSPS) is 13.9. The average molecular weight is 240 g/mol. The molecule has 1 aromatic heterocycles. The molecule has 2 heteroatoms. The zero-order chi connectivity index (χ0) is 13.1. The molecule has 0 aliphatic rings. The molecule has 1 aromatic carbocycles. The van der Waals surface area contributed by atoms with Gasteiger partial charge in [0, 0.05) is 17.1 Å². The number of fused-ring (bicyclic) bond motifs is 1. The van der Waals surface area contributed by atoms with Gasteiger partial charge in [-0.05, 0) is 45.5 Å². The van der Waals surface area contributed by atoms with Crippen LogP contribution in [-0.2, 0) is 0 Å². The summed E-state index contributed by atoms with van der Waals surface area (Å²) in [7, 11) is 1.98. The minimum Gasteiger partial charge on any atom is -0.314 e. The Kier molecular flexibility index (Phi) is 3.78. The standard InChI is InChI=1S/C16H20N2/c1-11(13(3)17-4)9-14-10-12(2)18-16-8-6-5-7-15(14)16/h5-10,13,17H,1-4H3/b11-9+. The first-order valence-corrected chi connectivity index (χ1v) is 6.33. The number of pyridine rings is 1. The number of rotatable bonds is 3. The molecule has 1 N–H and O–H groups in total. The van der Waals surface area contributed by atoms with E-state index in [0.29, 0.717) is 6.04 Å². The van der Waals surface area contributed by atoms with Crippen LogP contribution >= 0.6 is 0 Å². The van der Waals surface area contributed by atoms with E-state index >= 15 is 0 Å². The Morgan fingerprint density at radius 1 is 1.33 bits per heavy atom. The van der Waals surface area contributed by atoms with E-state index in [1.807, 2.05) is 20.0 Å². The van der Waals surface area contributed by atoms with Crippen molar-refractivity contribution in [3.63, 3.8) is 0 Å². The SMILES string of the molecule is CNC(C)/C(C)=C/c1cc(C)nc2ccccc12. The predicted molar refractivity (Wildman–Crippen MR) is 78.7 cm³/mol. The molecule has 0 spiro atoms. The van der Waals surface area contributed by atoms with Crippen LogP contribution in [-0.4, -0.2) is 18.1 Å². The van der Waals surface area contributed by atoms with Crippen molar-refractivity contribution in [1.82, 2.24) is 10.3 Å². The lowest BCUT2D eigenvalue weighted by molar-refractivity contribution is 0.696. The summed E-state index contributed by atoms with van der Waals surface area (Å²) in [4.78, 5) is 4.56. The van der Waals surface area contributed by atoms with Crippen molar-refractivity contribution in [2.45, 2.75) is 26.8 Å². The Bertz CT molecular complexity index is 585. The maximum atomic E-state index is 4.56. The number of aryl methyl sites for hydroxylation is 1. The first kappa shape index (κ1) is 12.8. The van der Waals surface area contributed by atoms with Gasteiger partial charge < -0.3 is 5.32 Å². The van der Waals surface area contributed by atoms with Crippen molar-refractivity contribution in [1.29, 1.82) is 0 Å². The van der Waals surface area contributed by atoms with Crippen LogP contribution in [0.15, 0.2) is 35.9 Å². The van der Waals surface area contributed by atoms with Crippen molar-refractivity contribution in [3.8, 4) is 0 Å². The summed E-state index contributed by atoms with van der Waals surface area (Å²) in [6, 6.07) is 10.8. The minimum atomic E-state index is 0.386. The first-order chi connectivity index (χ1) is 8.61. The van der Waals surface area contributed by atoms with Crippen LogP contribution in [0.2, 0.25) is 0 Å². The number of hydrogen-bond donors (Lipinski definition) is 1. The largest absolute Gasteiger partial charge is 0.314 e. The summed E-state index contributed by atoms with van der Waals surface area (Å²) in [5.74, 6) is 0. The Morgan fingerprint density at radius 2 is 2.06 bits per heavy atom. The van der Waals surface area contributed by atoms with E-state index in [9.17, 15) is 0 Å². The minimum absolute atomic E-state index is 0.386. The molecule has 0 aliphatic carbocycles. The fourth-order valence-corrected chi connectivity index (χ4v) is 2.06. The van der Waals surface area contributed by atoms with Crippen molar-refractivity contribution in [2.24, 2.45) is 0 Å². The zero-order valence-electron chi connectivity index (χ0n) is 11.5. The maximum Gasteiger partial charge on any atom is 0.0711 e.